The van der Waals surface area contributed by atoms with Crippen LogP contribution in [0.4, 0.5) is 0 Å². The van der Waals surface area contributed by atoms with Gasteiger partial charge < -0.3 is 10.1 Å². The molecule has 1 aromatic carbocycles. The molecule has 0 heterocycles. The number of hydrogen-bond acceptors (Lipinski definition) is 3. The van der Waals surface area contributed by atoms with Gasteiger partial charge in [-0.15, -0.1) is 0 Å². The first-order valence-electron chi connectivity index (χ1n) is 5.88. The Morgan fingerprint density at radius 1 is 1.33 bits per heavy atom. The zero-order valence-corrected chi connectivity index (χ0v) is 11.6. The number of ether oxygens (including phenoxy) is 1. The molecule has 0 aliphatic rings. The Labute approximate surface area is 113 Å². The Kier molecular flexibility index (Phi) is 5.58. The van der Waals surface area contributed by atoms with Crippen LogP contribution < -0.4 is 15.4 Å². The van der Waals surface area contributed by atoms with Crippen LogP contribution in [0.1, 0.15) is 31.1 Å². The third-order valence-electron chi connectivity index (χ3n) is 2.05. The third kappa shape index (κ3) is 4.71. The van der Waals surface area contributed by atoms with Crippen molar-refractivity contribution in [1.29, 1.82) is 0 Å². The molecule has 1 aromatic rings. The van der Waals surface area contributed by atoms with E-state index in [0.29, 0.717) is 17.2 Å². The zero-order valence-electron chi connectivity index (χ0n) is 10.8. The largest absolute Gasteiger partial charge is 0.491 e. The van der Waals surface area contributed by atoms with E-state index < -0.39 is 0 Å². The summed E-state index contributed by atoms with van der Waals surface area (Å²) < 4.78 is 5.50. The first-order valence-corrected chi connectivity index (χ1v) is 6.29. The van der Waals surface area contributed by atoms with E-state index in [1.54, 1.807) is 24.3 Å². The minimum atomic E-state index is -0.225. The molecule has 0 radical (unpaired) electrons. The summed E-state index contributed by atoms with van der Waals surface area (Å²) in [6, 6.07) is 6.96. The van der Waals surface area contributed by atoms with Gasteiger partial charge in [-0.2, -0.15) is 0 Å². The average molecular weight is 266 g/mol. The topological polar surface area (TPSA) is 50.4 Å². The van der Waals surface area contributed by atoms with Crippen LogP contribution in [0.3, 0.4) is 0 Å². The molecule has 4 nitrogen and oxygen atoms in total. The van der Waals surface area contributed by atoms with Crippen molar-refractivity contribution < 1.29 is 9.53 Å². The van der Waals surface area contributed by atoms with Crippen LogP contribution in [-0.2, 0) is 0 Å². The highest BCUT2D eigenvalue weighted by molar-refractivity contribution is 7.80. The molecule has 1 rings (SSSR count). The van der Waals surface area contributed by atoms with Crippen LogP contribution in [0.25, 0.3) is 0 Å². The van der Waals surface area contributed by atoms with Crippen LogP contribution in [0.2, 0.25) is 0 Å². The summed E-state index contributed by atoms with van der Waals surface area (Å²) in [6.45, 7) is 6.50. The molecule has 98 valence electrons. The minimum Gasteiger partial charge on any atom is -0.491 e. The molecule has 0 aliphatic heterocycles. The maximum absolute atomic E-state index is 11.8. The lowest BCUT2D eigenvalue weighted by Gasteiger charge is -2.10. The number of amides is 1. The summed E-state index contributed by atoms with van der Waals surface area (Å²) in [4.78, 5) is 11.8. The molecule has 0 saturated carbocycles. The third-order valence-corrected chi connectivity index (χ3v) is 2.30. The van der Waals surface area contributed by atoms with Crippen molar-refractivity contribution in [3.63, 3.8) is 0 Å². The zero-order chi connectivity index (χ0) is 13.5. The predicted octanol–water partition coefficient (Wildman–Crippen LogP) is 2.10. The molecule has 2 N–H and O–H groups in total. The molecule has 0 aromatic heterocycles. The number of carbonyl (C=O) groups excluding carboxylic acids is 1. The van der Waals surface area contributed by atoms with Gasteiger partial charge in [0.25, 0.3) is 5.91 Å². The first-order chi connectivity index (χ1) is 8.52. The summed E-state index contributed by atoms with van der Waals surface area (Å²) in [5.74, 6) is 0.521. The van der Waals surface area contributed by atoms with E-state index in [1.165, 1.54) is 0 Å². The molecule has 0 fully saturated rings. The number of carbonyl (C=O) groups is 1. The van der Waals surface area contributed by atoms with Gasteiger partial charge in [0.15, 0.2) is 5.11 Å². The summed E-state index contributed by atoms with van der Waals surface area (Å²) in [5, 5.41) is 5.79. The Morgan fingerprint density at radius 2 is 1.94 bits per heavy atom. The van der Waals surface area contributed by atoms with Crippen molar-refractivity contribution in [3.8, 4) is 5.75 Å². The van der Waals surface area contributed by atoms with E-state index in [1.807, 2.05) is 20.8 Å². The van der Waals surface area contributed by atoms with Crippen LogP contribution in [0, 0.1) is 0 Å². The highest BCUT2D eigenvalue weighted by Crippen LogP contribution is 2.13. The molecule has 1 amide bonds. The van der Waals surface area contributed by atoms with E-state index in [0.717, 1.165) is 5.75 Å². The van der Waals surface area contributed by atoms with Gasteiger partial charge in [0.05, 0.1) is 6.10 Å². The SMILES string of the molecule is CCNC(=S)NC(=O)c1ccc(OC(C)C)cc1. The summed E-state index contributed by atoms with van der Waals surface area (Å²) in [6.07, 6.45) is 0.117. The Morgan fingerprint density at radius 3 is 2.44 bits per heavy atom. The fraction of sp³-hybridized carbons (Fsp3) is 0.385. The van der Waals surface area contributed by atoms with Gasteiger partial charge in [-0.3, -0.25) is 10.1 Å². The second-order valence-electron chi connectivity index (χ2n) is 4.00. The first kappa shape index (κ1) is 14.4. The predicted molar refractivity (Wildman–Crippen MR) is 75.9 cm³/mol. The number of benzene rings is 1. The van der Waals surface area contributed by atoms with Crippen LogP contribution in [-0.4, -0.2) is 23.7 Å². The number of nitrogens with one attached hydrogen (secondary N) is 2. The van der Waals surface area contributed by atoms with Crippen molar-refractivity contribution in [2.24, 2.45) is 0 Å². The highest BCUT2D eigenvalue weighted by atomic mass is 32.1. The molecular formula is C13H18N2O2S. The van der Waals surface area contributed by atoms with E-state index >= 15 is 0 Å². The Balaban J connectivity index is 2.61. The average Bonchev–Trinajstić information content (AvgIpc) is 2.29. The number of rotatable bonds is 4. The molecule has 5 heteroatoms. The standard InChI is InChI=1S/C13H18N2O2S/c1-4-14-13(18)15-12(16)10-5-7-11(8-6-10)17-9(2)3/h5-9H,4H2,1-3H3,(H2,14,15,16,18). The maximum atomic E-state index is 11.8. The fourth-order valence-corrected chi connectivity index (χ4v) is 1.57. The molecule has 0 atom stereocenters. The number of hydrogen-bond donors (Lipinski definition) is 2. The highest BCUT2D eigenvalue weighted by Gasteiger charge is 2.07. The molecule has 18 heavy (non-hydrogen) atoms. The monoisotopic (exact) mass is 266 g/mol. The van der Waals surface area contributed by atoms with Crippen LogP contribution in [0.15, 0.2) is 24.3 Å². The Hall–Kier alpha value is -1.62. The van der Waals surface area contributed by atoms with Crippen molar-refractivity contribution in [1.82, 2.24) is 10.6 Å². The van der Waals surface area contributed by atoms with E-state index in [4.69, 9.17) is 17.0 Å². The van der Waals surface area contributed by atoms with Crippen LogP contribution >= 0.6 is 12.2 Å². The smallest absolute Gasteiger partial charge is 0.257 e. The van der Waals surface area contributed by atoms with Crippen molar-refractivity contribution >= 4 is 23.2 Å². The fourth-order valence-electron chi connectivity index (χ4n) is 1.34. The van der Waals surface area contributed by atoms with Gasteiger partial charge in [0.1, 0.15) is 5.75 Å². The lowest BCUT2D eigenvalue weighted by Crippen LogP contribution is -2.38. The quantitative estimate of drug-likeness (QED) is 0.819. The van der Waals surface area contributed by atoms with Crippen LogP contribution in [0.5, 0.6) is 5.75 Å². The second-order valence-corrected chi connectivity index (χ2v) is 4.41. The van der Waals surface area contributed by atoms with E-state index in [2.05, 4.69) is 10.6 Å². The second kappa shape index (κ2) is 6.96. The van der Waals surface area contributed by atoms with Gasteiger partial charge in [0.2, 0.25) is 0 Å². The van der Waals surface area contributed by atoms with Crippen molar-refractivity contribution in [2.75, 3.05) is 6.54 Å². The molecule has 0 aliphatic carbocycles. The van der Waals surface area contributed by atoms with E-state index in [9.17, 15) is 4.79 Å². The normalized spacial score (nSPS) is 10.0. The summed E-state index contributed by atoms with van der Waals surface area (Å²) in [7, 11) is 0. The lowest BCUT2D eigenvalue weighted by molar-refractivity contribution is 0.0976. The minimum absolute atomic E-state index is 0.117. The molecule has 0 saturated heterocycles. The van der Waals surface area contributed by atoms with Gasteiger partial charge in [-0.25, -0.2) is 0 Å². The van der Waals surface area contributed by atoms with Gasteiger partial charge in [-0.05, 0) is 57.3 Å². The molecule has 0 bridgehead atoms. The van der Waals surface area contributed by atoms with Gasteiger partial charge >= 0.3 is 0 Å². The van der Waals surface area contributed by atoms with E-state index in [-0.39, 0.29) is 12.0 Å². The summed E-state index contributed by atoms with van der Waals surface area (Å²) >= 11 is 4.94. The van der Waals surface area contributed by atoms with Gasteiger partial charge in [0, 0.05) is 12.1 Å². The summed E-state index contributed by atoms with van der Waals surface area (Å²) in [5.41, 5.74) is 0.548. The van der Waals surface area contributed by atoms with Crippen molar-refractivity contribution in [3.05, 3.63) is 29.8 Å². The maximum Gasteiger partial charge on any atom is 0.257 e. The van der Waals surface area contributed by atoms with Crippen molar-refractivity contribution in [2.45, 2.75) is 26.9 Å². The number of thiocarbonyl (C=S) groups is 1. The molecular weight excluding hydrogens is 248 g/mol. The molecule has 0 spiro atoms. The lowest BCUT2D eigenvalue weighted by atomic mass is 10.2. The Bertz CT molecular complexity index is 416. The molecule has 0 unspecified atom stereocenters. The van der Waals surface area contributed by atoms with Gasteiger partial charge in [-0.1, -0.05) is 0 Å².